The number of rotatable bonds is 2. The lowest BCUT2D eigenvalue weighted by Gasteiger charge is -2.37. The van der Waals surface area contributed by atoms with Crippen LogP contribution in [-0.2, 0) is 25.9 Å². The van der Waals surface area contributed by atoms with Gasteiger partial charge in [-0.1, -0.05) is 6.92 Å². The molecule has 32 heavy (non-hydrogen) atoms. The highest BCUT2D eigenvalue weighted by molar-refractivity contribution is 5.95. The van der Waals surface area contributed by atoms with Gasteiger partial charge >= 0.3 is 6.03 Å². The molecular weight excluding hydrogens is 413 g/mol. The molecule has 1 N–H and O–H groups in total. The Morgan fingerprint density at radius 1 is 1.28 bits per heavy atom. The van der Waals surface area contributed by atoms with Crippen LogP contribution in [0.25, 0.3) is 0 Å². The van der Waals surface area contributed by atoms with Gasteiger partial charge in [-0.25, -0.2) is 14.2 Å². The van der Waals surface area contributed by atoms with Crippen LogP contribution in [0.2, 0.25) is 0 Å². The molecule has 1 aromatic carbocycles. The van der Waals surface area contributed by atoms with Crippen LogP contribution in [0.5, 0.6) is 0 Å². The molecule has 10 heteroatoms. The van der Waals surface area contributed by atoms with Crippen molar-refractivity contribution in [1.29, 1.82) is 5.26 Å². The lowest BCUT2D eigenvalue weighted by atomic mass is 9.91. The van der Waals surface area contributed by atoms with Crippen molar-refractivity contribution in [3.8, 4) is 6.07 Å². The van der Waals surface area contributed by atoms with Crippen LogP contribution >= 0.6 is 0 Å². The zero-order valence-corrected chi connectivity index (χ0v) is 18.1. The lowest BCUT2D eigenvalue weighted by Crippen LogP contribution is -2.49. The number of halogens is 1. The Kier molecular flexibility index (Phi) is 4.86. The van der Waals surface area contributed by atoms with Crippen LogP contribution in [0.4, 0.5) is 14.9 Å². The fourth-order valence-corrected chi connectivity index (χ4v) is 4.93. The smallest absolute Gasteiger partial charge is 0.316 e. The van der Waals surface area contributed by atoms with Crippen molar-refractivity contribution in [1.82, 2.24) is 24.7 Å². The third-order valence-corrected chi connectivity index (χ3v) is 6.54. The average Bonchev–Trinajstić information content (AvgIpc) is 3.08. The molecule has 1 aromatic heterocycles. The van der Waals surface area contributed by atoms with E-state index in [1.807, 2.05) is 11.1 Å². The molecule has 2 bridgehead atoms. The quantitative estimate of drug-likeness (QED) is 0.776. The highest BCUT2D eigenvalue weighted by Gasteiger charge is 2.39. The summed E-state index contributed by atoms with van der Waals surface area (Å²) in [5, 5.41) is 20.4. The van der Waals surface area contributed by atoms with Crippen molar-refractivity contribution in [2.24, 2.45) is 0 Å². The second-order valence-electron chi connectivity index (χ2n) is 8.51. The fourth-order valence-electron chi connectivity index (χ4n) is 4.93. The van der Waals surface area contributed by atoms with Gasteiger partial charge in [-0.05, 0) is 30.5 Å². The van der Waals surface area contributed by atoms with Crippen LogP contribution in [0.15, 0.2) is 12.1 Å². The number of hydrogen-bond acceptors (Lipinski definition) is 5. The Labute approximate surface area is 185 Å². The fraction of sp³-hybridized carbons (Fsp3) is 0.455. The van der Waals surface area contributed by atoms with Crippen LogP contribution in [0.1, 0.15) is 46.2 Å². The molecule has 0 aliphatic carbocycles. The second kappa shape index (κ2) is 7.60. The minimum Gasteiger partial charge on any atom is -0.316 e. The topological polar surface area (TPSA) is 97.5 Å². The largest absolute Gasteiger partial charge is 0.322 e. The minimum absolute atomic E-state index is 0.0817. The number of nitrogens with zero attached hydrogens (tertiary/aromatic N) is 6. The summed E-state index contributed by atoms with van der Waals surface area (Å²) in [6.07, 6.45) is 1.63. The number of nitrogens with one attached hydrogen (secondary N) is 1. The van der Waals surface area contributed by atoms with E-state index in [4.69, 9.17) is 5.10 Å². The van der Waals surface area contributed by atoms with E-state index in [0.29, 0.717) is 36.5 Å². The third-order valence-electron chi connectivity index (χ3n) is 6.54. The lowest BCUT2D eigenvalue weighted by molar-refractivity contribution is 0.00823. The maximum absolute atomic E-state index is 14.7. The SMILES string of the molecule is CCCN1CCn2nc3c(c2C(=O)N1C)CN1C(=O)Nc2cc(C#N)c(F)c(c2)C[C@@H]1C3. The first-order valence-electron chi connectivity index (χ1n) is 10.8. The Bertz CT molecular complexity index is 1170. The zero-order chi connectivity index (χ0) is 22.6. The highest BCUT2D eigenvalue weighted by Crippen LogP contribution is 2.33. The van der Waals surface area contributed by atoms with Crippen molar-refractivity contribution in [2.75, 3.05) is 25.5 Å². The van der Waals surface area contributed by atoms with E-state index in [0.717, 1.165) is 24.2 Å². The molecule has 3 aliphatic heterocycles. The second-order valence-corrected chi connectivity index (χ2v) is 8.51. The van der Waals surface area contributed by atoms with Crippen molar-refractivity contribution < 1.29 is 14.0 Å². The Morgan fingerprint density at radius 2 is 2.09 bits per heavy atom. The molecule has 3 aliphatic rings. The zero-order valence-electron chi connectivity index (χ0n) is 18.1. The van der Waals surface area contributed by atoms with Gasteiger partial charge in [0.1, 0.15) is 17.6 Å². The number of benzene rings is 1. The maximum Gasteiger partial charge on any atom is 0.322 e. The van der Waals surface area contributed by atoms with Gasteiger partial charge in [0.15, 0.2) is 0 Å². The summed E-state index contributed by atoms with van der Waals surface area (Å²) in [5.74, 6) is -0.683. The number of hydrazine groups is 1. The summed E-state index contributed by atoms with van der Waals surface area (Å²) in [4.78, 5) is 28.0. The predicted molar refractivity (Wildman–Crippen MR) is 113 cm³/mol. The molecule has 3 amide bonds. The first-order chi connectivity index (χ1) is 15.4. The Morgan fingerprint density at radius 3 is 2.84 bits per heavy atom. The average molecular weight is 437 g/mol. The van der Waals surface area contributed by atoms with Crippen LogP contribution in [-0.4, -0.2) is 62.8 Å². The van der Waals surface area contributed by atoms with Gasteiger partial charge in [0.05, 0.1) is 24.3 Å². The number of anilines is 1. The predicted octanol–water partition coefficient (Wildman–Crippen LogP) is 2.12. The summed E-state index contributed by atoms with van der Waals surface area (Å²) in [6.45, 7) is 4.33. The number of urea groups is 1. The molecule has 0 radical (unpaired) electrons. The van der Waals surface area contributed by atoms with Gasteiger partial charge in [0, 0.05) is 43.9 Å². The number of amides is 3. The van der Waals surface area contributed by atoms with E-state index < -0.39 is 5.82 Å². The molecule has 1 atom stereocenters. The highest BCUT2D eigenvalue weighted by atomic mass is 19.1. The van der Waals surface area contributed by atoms with Crippen LogP contribution in [0, 0.1) is 17.1 Å². The van der Waals surface area contributed by atoms with Gasteiger partial charge in [0.2, 0.25) is 0 Å². The number of carbonyl (C=O) groups excluding carboxylic acids is 2. The molecule has 0 fully saturated rings. The van der Waals surface area contributed by atoms with E-state index >= 15 is 0 Å². The molecule has 0 saturated carbocycles. The third kappa shape index (κ3) is 3.12. The first-order valence-corrected chi connectivity index (χ1v) is 10.8. The molecular formula is C22H24FN7O2. The first kappa shape index (κ1) is 20.5. The monoisotopic (exact) mass is 437 g/mol. The van der Waals surface area contributed by atoms with E-state index in [-0.39, 0.29) is 36.5 Å². The minimum atomic E-state index is -0.549. The van der Waals surface area contributed by atoms with E-state index in [1.54, 1.807) is 27.7 Å². The number of hydrogen-bond donors (Lipinski definition) is 1. The van der Waals surface area contributed by atoms with Gasteiger partial charge in [-0.15, -0.1) is 0 Å². The molecule has 9 nitrogen and oxygen atoms in total. The Hall–Kier alpha value is -3.45. The summed E-state index contributed by atoms with van der Waals surface area (Å²) in [5.41, 5.74) is 2.76. The molecule has 0 spiro atoms. The maximum atomic E-state index is 14.7. The number of aromatic nitrogens is 2. The summed E-state index contributed by atoms with van der Waals surface area (Å²) >= 11 is 0. The van der Waals surface area contributed by atoms with Crippen molar-refractivity contribution in [3.63, 3.8) is 0 Å². The normalized spacial score (nSPS) is 20.4. The molecule has 0 saturated heterocycles. The standard InChI is InChI=1S/C22H24FN7O2/c1-3-4-28-5-6-30-20(21(31)27(28)2)17-12-29-16(10-18(17)26-30)9-13-7-15(25-22(29)32)8-14(11-24)19(13)23/h7-8,16H,3-6,9-10,12H2,1-2H3,(H,25,32)/t16-/m1/s1. The molecule has 4 heterocycles. The van der Waals surface area contributed by atoms with Gasteiger partial charge in [-0.3, -0.25) is 14.5 Å². The van der Waals surface area contributed by atoms with E-state index in [1.165, 1.54) is 6.07 Å². The van der Waals surface area contributed by atoms with E-state index in [9.17, 15) is 19.2 Å². The van der Waals surface area contributed by atoms with Gasteiger partial charge < -0.3 is 10.2 Å². The van der Waals surface area contributed by atoms with E-state index in [2.05, 4.69) is 12.2 Å². The summed E-state index contributed by atoms with van der Waals surface area (Å²) in [7, 11) is 1.77. The Balaban J connectivity index is 1.52. The number of fused-ring (bicyclic) bond motifs is 6. The van der Waals surface area contributed by atoms with Gasteiger partial charge in [0.25, 0.3) is 5.91 Å². The van der Waals surface area contributed by atoms with Crippen molar-refractivity contribution >= 4 is 17.6 Å². The molecule has 0 unspecified atom stereocenters. The van der Waals surface area contributed by atoms with Crippen molar-refractivity contribution in [3.05, 3.63) is 46.0 Å². The van der Waals surface area contributed by atoms with Crippen molar-refractivity contribution in [2.45, 2.75) is 45.3 Å². The molecule has 5 rings (SSSR count). The molecule has 2 aromatic rings. The molecule has 166 valence electrons. The number of nitriles is 1. The van der Waals surface area contributed by atoms with Crippen LogP contribution < -0.4 is 5.32 Å². The number of carbonyl (C=O) groups is 2. The summed E-state index contributed by atoms with van der Waals surface area (Å²) in [6, 6.07) is 4.14. The summed E-state index contributed by atoms with van der Waals surface area (Å²) < 4.78 is 16.5. The van der Waals surface area contributed by atoms with Gasteiger partial charge in [-0.2, -0.15) is 10.4 Å². The van der Waals surface area contributed by atoms with Crippen LogP contribution in [0.3, 0.4) is 0 Å².